The van der Waals surface area contributed by atoms with Gasteiger partial charge in [-0.2, -0.15) is 0 Å². The van der Waals surface area contributed by atoms with Crippen molar-refractivity contribution in [3.63, 3.8) is 0 Å². The van der Waals surface area contributed by atoms with E-state index in [1.807, 2.05) is 12.1 Å². The average molecular weight is 259 g/mol. The van der Waals surface area contributed by atoms with E-state index in [0.717, 1.165) is 11.4 Å². The Morgan fingerprint density at radius 1 is 1.21 bits per heavy atom. The highest BCUT2D eigenvalue weighted by molar-refractivity contribution is 5.92. The van der Waals surface area contributed by atoms with Crippen LogP contribution in [-0.2, 0) is 9.59 Å². The van der Waals surface area contributed by atoms with Crippen molar-refractivity contribution in [2.45, 2.75) is 12.8 Å². The summed E-state index contributed by atoms with van der Waals surface area (Å²) in [7, 11) is 0. The minimum atomic E-state index is -0.983. The number of carboxylic acids is 1. The molecule has 3 N–H and O–H groups in total. The number of aliphatic carboxylic acids is 1. The monoisotopic (exact) mass is 259 g/mol. The number of aromatic nitrogens is 2. The number of imidazole rings is 1. The SMILES string of the molecule is O=C(O)CCC(=O)Nc1ccc(-c2ncc[nH]2)cc1. The van der Waals surface area contributed by atoms with E-state index >= 15 is 0 Å². The summed E-state index contributed by atoms with van der Waals surface area (Å²) in [5.74, 6) is -0.541. The van der Waals surface area contributed by atoms with Gasteiger partial charge in [-0.1, -0.05) is 0 Å². The molecule has 2 aromatic rings. The fourth-order valence-electron chi connectivity index (χ4n) is 1.58. The zero-order valence-electron chi connectivity index (χ0n) is 10.1. The predicted molar refractivity (Wildman–Crippen MR) is 69.5 cm³/mol. The molecule has 0 unspecified atom stereocenters. The molecule has 0 fully saturated rings. The van der Waals surface area contributed by atoms with Crippen molar-refractivity contribution in [2.24, 2.45) is 0 Å². The number of carboxylic acid groups (broad SMARTS) is 1. The number of benzene rings is 1. The third-order valence-corrected chi connectivity index (χ3v) is 2.51. The van der Waals surface area contributed by atoms with Gasteiger partial charge in [0.15, 0.2) is 0 Å². The van der Waals surface area contributed by atoms with Crippen molar-refractivity contribution < 1.29 is 14.7 Å². The quantitative estimate of drug-likeness (QED) is 0.764. The first kappa shape index (κ1) is 12.8. The van der Waals surface area contributed by atoms with Crippen molar-refractivity contribution in [1.82, 2.24) is 9.97 Å². The Hall–Kier alpha value is -2.63. The van der Waals surface area contributed by atoms with Crippen LogP contribution in [0.4, 0.5) is 5.69 Å². The van der Waals surface area contributed by atoms with Crippen LogP contribution in [0.3, 0.4) is 0 Å². The summed E-state index contributed by atoms with van der Waals surface area (Å²) in [4.78, 5) is 28.9. The topological polar surface area (TPSA) is 95.1 Å². The molecule has 0 radical (unpaired) electrons. The second-order valence-corrected chi connectivity index (χ2v) is 3.96. The molecule has 0 aliphatic heterocycles. The molecule has 98 valence electrons. The Morgan fingerprint density at radius 3 is 2.53 bits per heavy atom. The van der Waals surface area contributed by atoms with Crippen LogP contribution < -0.4 is 5.32 Å². The Kier molecular flexibility index (Phi) is 3.92. The number of nitrogens with one attached hydrogen (secondary N) is 2. The van der Waals surface area contributed by atoms with Crippen LogP contribution in [0.5, 0.6) is 0 Å². The number of rotatable bonds is 5. The van der Waals surface area contributed by atoms with Crippen LogP contribution in [0.2, 0.25) is 0 Å². The number of carbonyl (C=O) groups excluding carboxylic acids is 1. The molecule has 19 heavy (non-hydrogen) atoms. The largest absolute Gasteiger partial charge is 0.481 e. The Labute approximate surface area is 109 Å². The molecule has 0 aliphatic rings. The fraction of sp³-hybridized carbons (Fsp3) is 0.154. The molecule has 1 aromatic heterocycles. The Balaban J connectivity index is 1.95. The number of H-pyrrole nitrogens is 1. The van der Waals surface area contributed by atoms with Crippen LogP contribution in [0.1, 0.15) is 12.8 Å². The van der Waals surface area contributed by atoms with E-state index in [9.17, 15) is 9.59 Å². The number of carbonyl (C=O) groups is 2. The van der Waals surface area contributed by atoms with E-state index in [1.165, 1.54) is 0 Å². The molecule has 0 aliphatic carbocycles. The summed E-state index contributed by atoms with van der Waals surface area (Å²) in [6, 6.07) is 7.14. The predicted octanol–water partition coefficient (Wildman–Crippen LogP) is 1.88. The van der Waals surface area contributed by atoms with Crippen LogP contribution in [0, 0.1) is 0 Å². The summed E-state index contributed by atoms with van der Waals surface area (Å²) in [5.41, 5.74) is 1.54. The lowest BCUT2D eigenvalue weighted by atomic mass is 10.2. The van der Waals surface area contributed by atoms with E-state index in [-0.39, 0.29) is 18.7 Å². The summed E-state index contributed by atoms with van der Waals surface area (Å²) in [6.45, 7) is 0. The highest BCUT2D eigenvalue weighted by Gasteiger charge is 2.06. The van der Waals surface area contributed by atoms with Crippen molar-refractivity contribution in [3.8, 4) is 11.4 Å². The van der Waals surface area contributed by atoms with Crippen molar-refractivity contribution in [2.75, 3.05) is 5.32 Å². The minimum absolute atomic E-state index is 0.0325. The molecular formula is C13H13N3O3. The maximum Gasteiger partial charge on any atom is 0.303 e. The second kappa shape index (κ2) is 5.81. The molecule has 6 nitrogen and oxygen atoms in total. The van der Waals surface area contributed by atoms with E-state index in [0.29, 0.717) is 5.69 Å². The summed E-state index contributed by atoms with van der Waals surface area (Å²) in [5, 5.41) is 11.1. The van der Waals surface area contributed by atoms with Crippen LogP contribution in [0.15, 0.2) is 36.7 Å². The molecule has 0 spiro atoms. The van der Waals surface area contributed by atoms with Crippen LogP contribution in [-0.4, -0.2) is 27.0 Å². The van der Waals surface area contributed by atoms with Gasteiger partial charge in [0.25, 0.3) is 0 Å². The lowest BCUT2D eigenvalue weighted by Crippen LogP contribution is -2.13. The van der Waals surface area contributed by atoms with Gasteiger partial charge in [-0.15, -0.1) is 0 Å². The van der Waals surface area contributed by atoms with Gasteiger partial charge in [-0.3, -0.25) is 9.59 Å². The first-order valence-corrected chi connectivity index (χ1v) is 5.76. The zero-order chi connectivity index (χ0) is 13.7. The van der Waals surface area contributed by atoms with Crippen LogP contribution in [0.25, 0.3) is 11.4 Å². The van der Waals surface area contributed by atoms with Crippen molar-refractivity contribution in [3.05, 3.63) is 36.7 Å². The van der Waals surface area contributed by atoms with Gasteiger partial charge in [0.05, 0.1) is 6.42 Å². The standard InChI is InChI=1S/C13H13N3O3/c17-11(5-6-12(18)19)16-10-3-1-9(2-4-10)13-14-7-8-15-13/h1-4,7-8H,5-6H2,(H,14,15)(H,16,17)(H,18,19). The summed E-state index contributed by atoms with van der Waals surface area (Å²) < 4.78 is 0. The first-order chi connectivity index (χ1) is 9.15. The van der Waals surface area contributed by atoms with E-state index in [1.54, 1.807) is 24.5 Å². The highest BCUT2D eigenvalue weighted by atomic mass is 16.4. The smallest absolute Gasteiger partial charge is 0.303 e. The lowest BCUT2D eigenvalue weighted by Gasteiger charge is -2.05. The molecule has 0 atom stereocenters. The molecule has 1 heterocycles. The van der Waals surface area contributed by atoms with Gasteiger partial charge in [0, 0.05) is 30.1 Å². The van der Waals surface area contributed by atoms with Gasteiger partial charge < -0.3 is 15.4 Å². The molecule has 2 rings (SSSR count). The Morgan fingerprint density at radius 2 is 1.95 bits per heavy atom. The molecule has 1 amide bonds. The van der Waals surface area contributed by atoms with Gasteiger partial charge in [0.2, 0.25) is 5.91 Å². The highest BCUT2D eigenvalue weighted by Crippen LogP contribution is 2.17. The third-order valence-electron chi connectivity index (χ3n) is 2.51. The van der Waals surface area contributed by atoms with Gasteiger partial charge in [0.1, 0.15) is 5.82 Å². The third kappa shape index (κ3) is 3.67. The van der Waals surface area contributed by atoms with Crippen molar-refractivity contribution >= 4 is 17.6 Å². The fourth-order valence-corrected chi connectivity index (χ4v) is 1.58. The molecular weight excluding hydrogens is 246 g/mol. The molecule has 1 aromatic carbocycles. The number of anilines is 1. The zero-order valence-corrected chi connectivity index (χ0v) is 10.1. The molecule has 6 heteroatoms. The van der Waals surface area contributed by atoms with E-state index in [2.05, 4.69) is 15.3 Å². The molecule has 0 bridgehead atoms. The molecule has 0 saturated heterocycles. The number of amides is 1. The summed E-state index contributed by atoms with van der Waals surface area (Å²) in [6.07, 6.45) is 3.19. The number of hydrogen-bond acceptors (Lipinski definition) is 3. The Bertz CT molecular complexity index is 561. The van der Waals surface area contributed by atoms with Crippen molar-refractivity contribution in [1.29, 1.82) is 0 Å². The first-order valence-electron chi connectivity index (χ1n) is 5.76. The lowest BCUT2D eigenvalue weighted by molar-refractivity contribution is -0.138. The van der Waals surface area contributed by atoms with Crippen LogP contribution >= 0.6 is 0 Å². The van der Waals surface area contributed by atoms with E-state index in [4.69, 9.17) is 5.11 Å². The van der Waals surface area contributed by atoms with Gasteiger partial charge >= 0.3 is 5.97 Å². The average Bonchev–Trinajstić information content (AvgIpc) is 2.91. The number of nitrogens with zero attached hydrogens (tertiary/aromatic N) is 1. The normalized spacial score (nSPS) is 10.1. The number of hydrogen-bond donors (Lipinski definition) is 3. The van der Waals surface area contributed by atoms with E-state index < -0.39 is 5.97 Å². The summed E-state index contributed by atoms with van der Waals surface area (Å²) >= 11 is 0. The second-order valence-electron chi connectivity index (χ2n) is 3.96. The maximum atomic E-state index is 11.4. The van der Waals surface area contributed by atoms with Gasteiger partial charge in [-0.05, 0) is 24.3 Å². The minimum Gasteiger partial charge on any atom is -0.481 e. The maximum absolute atomic E-state index is 11.4. The number of aromatic amines is 1. The van der Waals surface area contributed by atoms with Gasteiger partial charge in [-0.25, -0.2) is 4.98 Å². The molecule has 0 saturated carbocycles.